The number of anilines is 1. The van der Waals surface area contributed by atoms with Gasteiger partial charge in [0, 0.05) is 17.2 Å². The van der Waals surface area contributed by atoms with Gasteiger partial charge in [0.1, 0.15) is 5.82 Å². The Morgan fingerprint density at radius 2 is 2.18 bits per heavy atom. The number of H-pyrrole nitrogens is 1. The molecule has 17 heavy (non-hydrogen) atoms. The van der Waals surface area contributed by atoms with Crippen LogP contribution in [0.1, 0.15) is 6.92 Å². The van der Waals surface area contributed by atoms with E-state index < -0.39 is 0 Å². The Morgan fingerprint density at radius 3 is 2.94 bits per heavy atom. The fourth-order valence-corrected chi connectivity index (χ4v) is 2.43. The van der Waals surface area contributed by atoms with Crippen LogP contribution in [0, 0.1) is 0 Å². The lowest BCUT2D eigenvalue weighted by molar-refractivity contribution is 0.902. The van der Waals surface area contributed by atoms with E-state index >= 15 is 0 Å². The highest BCUT2D eigenvalue weighted by Crippen LogP contribution is 2.13. The molecule has 3 nitrogen and oxygen atoms in total. The molecule has 0 amide bonds. The highest BCUT2D eigenvalue weighted by molar-refractivity contribution is 7.98. The number of fused-ring (bicyclic) bond motifs is 1. The van der Waals surface area contributed by atoms with E-state index in [1.54, 1.807) is 11.8 Å². The molecule has 0 aliphatic rings. The maximum Gasteiger partial charge on any atom is 0.257 e. The van der Waals surface area contributed by atoms with Gasteiger partial charge < -0.3 is 10.3 Å². The Hall–Kier alpha value is -1.42. The average molecular weight is 248 g/mol. The van der Waals surface area contributed by atoms with Gasteiger partial charge in [-0.25, -0.2) is 0 Å². The van der Waals surface area contributed by atoms with Crippen molar-refractivity contribution in [2.24, 2.45) is 0 Å². The van der Waals surface area contributed by atoms with Gasteiger partial charge in [-0.15, -0.1) is 0 Å². The first kappa shape index (κ1) is 12.0. The predicted octanol–water partition coefficient (Wildman–Crippen LogP) is 2.69. The van der Waals surface area contributed by atoms with Gasteiger partial charge in [-0.2, -0.15) is 11.8 Å². The highest BCUT2D eigenvalue weighted by Gasteiger charge is 2.04. The van der Waals surface area contributed by atoms with E-state index in [1.807, 2.05) is 30.3 Å². The summed E-state index contributed by atoms with van der Waals surface area (Å²) >= 11 is 1.78. The van der Waals surface area contributed by atoms with Crippen LogP contribution < -0.4 is 10.9 Å². The maximum atomic E-state index is 11.8. The molecule has 1 unspecified atom stereocenters. The summed E-state index contributed by atoms with van der Waals surface area (Å²) in [5.41, 5.74) is -0.0399. The van der Waals surface area contributed by atoms with Crippen LogP contribution in [-0.2, 0) is 0 Å². The van der Waals surface area contributed by atoms with Crippen molar-refractivity contribution in [2.75, 3.05) is 17.3 Å². The second kappa shape index (κ2) is 5.27. The van der Waals surface area contributed by atoms with E-state index in [0.717, 1.165) is 22.3 Å². The van der Waals surface area contributed by atoms with Gasteiger partial charge in [-0.3, -0.25) is 4.79 Å². The maximum absolute atomic E-state index is 11.8. The van der Waals surface area contributed by atoms with Gasteiger partial charge in [0.15, 0.2) is 0 Å². The quantitative estimate of drug-likeness (QED) is 0.874. The summed E-state index contributed by atoms with van der Waals surface area (Å²) in [5, 5.41) is 5.00. The van der Waals surface area contributed by atoms with Crippen LogP contribution in [0.15, 0.2) is 35.1 Å². The van der Waals surface area contributed by atoms with E-state index in [4.69, 9.17) is 0 Å². The molecular formula is C13H16N2OS. The summed E-state index contributed by atoms with van der Waals surface area (Å²) < 4.78 is 0. The minimum atomic E-state index is -0.0399. The summed E-state index contributed by atoms with van der Waals surface area (Å²) in [6.07, 6.45) is 2.07. The van der Waals surface area contributed by atoms with Crippen molar-refractivity contribution < 1.29 is 0 Å². The number of thioether (sulfide) groups is 1. The van der Waals surface area contributed by atoms with Crippen molar-refractivity contribution in [1.82, 2.24) is 4.98 Å². The van der Waals surface area contributed by atoms with E-state index in [9.17, 15) is 4.79 Å². The third-order valence-electron chi connectivity index (χ3n) is 2.57. The molecule has 2 aromatic rings. The summed E-state index contributed by atoms with van der Waals surface area (Å²) in [6.45, 7) is 2.10. The number of aromatic amines is 1. The van der Waals surface area contributed by atoms with Gasteiger partial charge in [0.25, 0.3) is 5.56 Å². The molecule has 2 rings (SSSR count). The second-order valence-corrected chi connectivity index (χ2v) is 5.01. The molecule has 4 heteroatoms. The summed E-state index contributed by atoms with van der Waals surface area (Å²) in [6, 6.07) is 9.92. The van der Waals surface area contributed by atoms with E-state index in [0.29, 0.717) is 6.04 Å². The fraction of sp³-hybridized carbons (Fsp3) is 0.308. The van der Waals surface area contributed by atoms with Crippen molar-refractivity contribution in [3.05, 3.63) is 40.7 Å². The predicted molar refractivity (Wildman–Crippen MR) is 76.0 cm³/mol. The van der Waals surface area contributed by atoms with Gasteiger partial charge in [0.05, 0.1) is 0 Å². The normalized spacial score (nSPS) is 12.6. The van der Waals surface area contributed by atoms with Crippen molar-refractivity contribution in [1.29, 1.82) is 0 Å². The first-order valence-electron chi connectivity index (χ1n) is 5.58. The van der Waals surface area contributed by atoms with Gasteiger partial charge >= 0.3 is 0 Å². The zero-order valence-electron chi connectivity index (χ0n) is 9.99. The van der Waals surface area contributed by atoms with E-state index in [-0.39, 0.29) is 5.56 Å². The van der Waals surface area contributed by atoms with Crippen molar-refractivity contribution in [3.8, 4) is 0 Å². The van der Waals surface area contributed by atoms with Crippen LogP contribution in [-0.4, -0.2) is 23.0 Å². The van der Waals surface area contributed by atoms with Crippen molar-refractivity contribution >= 4 is 28.4 Å². The Morgan fingerprint density at radius 1 is 1.41 bits per heavy atom. The standard InChI is InChI=1S/C13H16N2OS/c1-9(8-17-2)14-12-7-10-5-3-4-6-11(10)13(16)15-12/h3-7,9H,8H2,1-2H3,(H2,14,15,16). The topological polar surface area (TPSA) is 44.9 Å². The van der Waals surface area contributed by atoms with Crippen molar-refractivity contribution in [2.45, 2.75) is 13.0 Å². The number of pyridine rings is 1. The molecule has 0 aliphatic heterocycles. The van der Waals surface area contributed by atoms with Gasteiger partial charge in [0.2, 0.25) is 0 Å². The molecule has 90 valence electrons. The molecule has 0 spiro atoms. The summed E-state index contributed by atoms with van der Waals surface area (Å²) in [5.74, 6) is 1.80. The lowest BCUT2D eigenvalue weighted by atomic mass is 10.2. The third-order valence-corrected chi connectivity index (χ3v) is 3.41. The van der Waals surface area contributed by atoms with Gasteiger partial charge in [-0.05, 0) is 30.7 Å². The Labute approximate surface area is 105 Å². The monoisotopic (exact) mass is 248 g/mol. The first-order valence-corrected chi connectivity index (χ1v) is 6.97. The Bertz CT molecular complexity index is 565. The number of aromatic nitrogens is 1. The largest absolute Gasteiger partial charge is 0.368 e. The van der Waals surface area contributed by atoms with Crippen LogP contribution in [0.25, 0.3) is 10.8 Å². The molecular weight excluding hydrogens is 232 g/mol. The lowest BCUT2D eigenvalue weighted by Crippen LogP contribution is -2.20. The molecule has 0 saturated carbocycles. The lowest BCUT2D eigenvalue weighted by Gasteiger charge is -2.13. The van der Waals surface area contributed by atoms with Crippen LogP contribution in [0.4, 0.5) is 5.82 Å². The molecule has 1 atom stereocenters. The number of rotatable bonds is 4. The Kier molecular flexibility index (Phi) is 3.74. The molecule has 0 fully saturated rings. The minimum Gasteiger partial charge on any atom is -0.368 e. The molecule has 1 aromatic carbocycles. The van der Waals surface area contributed by atoms with Crippen LogP contribution in [0.2, 0.25) is 0 Å². The van der Waals surface area contributed by atoms with Crippen LogP contribution in [0.5, 0.6) is 0 Å². The van der Waals surface area contributed by atoms with E-state index in [1.165, 1.54) is 0 Å². The average Bonchev–Trinajstić information content (AvgIpc) is 2.29. The number of hydrogen-bond acceptors (Lipinski definition) is 3. The zero-order chi connectivity index (χ0) is 12.3. The number of nitrogens with one attached hydrogen (secondary N) is 2. The minimum absolute atomic E-state index is 0.0399. The van der Waals surface area contributed by atoms with E-state index in [2.05, 4.69) is 23.5 Å². The summed E-state index contributed by atoms with van der Waals surface area (Å²) in [7, 11) is 0. The SMILES string of the molecule is CSCC(C)Nc1cc2ccccc2c(=O)[nH]1. The molecule has 0 aliphatic carbocycles. The first-order chi connectivity index (χ1) is 8.20. The molecule has 1 heterocycles. The third kappa shape index (κ3) is 2.82. The highest BCUT2D eigenvalue weighted by atomic mass is 32.2. The molecule has 0 bridgehead atoms. The molecule has 0 saturated heterocycles. The van der Waals surface area contributed by atoms with Gasteiger partial charge in [-0.1, -0.05) is 18.2 Å². The van der Waals surface area contributed by atoms with Crippen LogP contribution >= 0.6 is 11.8 Å². The number of hydrogen-bond donors (Lipinski definition) is 2. The zero-order valence-corrected chi connectivity index (χ0v) is 10.8. The number of benzene rings is 1. The van der Waals surface area contributed by atoms with Crippen LogP contribution in [0.3, 0.4) is 0 Å². The Balaban J connectivity index is 2.33. The molecule has 1 aromatic heterocycles. The molecule has 2 N–H and O–H groups in total. The fourth-order valence-electron chi connectivity index (χ4n) is 1.85. The molecule has 0 radical (unpaired) electrons. The van der Waals surface area contributed by atoms with Crippen molar-refractivity contribution in [3.63, 3.8) is 0 Å². The smallest absolute Gasteiger partial charge is 0.257 e. The summed E-state index contributed by atoms with van der Waals surface area (Å²) in [4.78, 5) is 14.7. The second-order valence-electron chi connectivity index (χ2n) is 4.10.